The third kappa shape index (κ3) is 4.27. The van der Waals surface area contributed by atoms with Crippen molar-refractivity contribution in [3.05, 3.63) is 102 Å². The van der Waals surface area contributed by atoms with E-state index in [9.17, 15) is 9.59 Å². The number of aromatic nitrogens is 5. The number of hydrogen-bond donors (Lipinski definition) is 2. The fourth-order valence-corrected chi connectivity index (χ4v) is 3.81. The number of pyridine rings is 1. The lowest BCUT2D eigenvalue weighted by molar-refractivity contribution is 0.0985. The van der Waals surface area contributed by atoms with Crippen LogP contribution < -0.4 is 5.73 Å². The van der Waals surface area contributed by atoms with Crippen LogP contribution in [0.2, 0.25) is 0 Å². The normalized spacial score (nSPS) is 11.0. The van der Waals surface area contributed by atoms with E-state index in [1.54, 1.807) is 41.5 Å². The van der Waals surface area contributed by atoms with Crippen LogP contribution >= 0.6 is 0 Å². The number of amides is 1. The Labute approximate surface area is 189 Å². The highest BCUT2D eigenvalue weighted by molar-refractivity contribution is 6.07. The maximum absolute atomic E-state index is 13.0. The fourth-order valence-electron chi connectivity index (χ4n) is 3.81. The van der Waals surface area contributed by atoms with Gasteiger partial charge in [-0.2, -0.15) is 10.2 Å². The second-order valence-electron chi connectivity index (χ2n) is 7.79. The predicted molar refractivity (Wildman–Crippen MR) is 124 cm³/mol. The molecule has 162 valence electrons. The van der Waals surface area contributed by atoms with Crippen LogP contribution in [0.5, 0.6) is 0 Å². The van der Waals surface area contributed by atoms with Crippen molar-refractivity contribution in [1.29, 1.82) is 0 Å². The quantitative estimate of drug-likeness (QED) is 0.379. The Morgan fingerprint density at radius 2 is 1.88 bits per heavy atom. The summed E-state index contributed by atoms with van der Waals surface area (Å²) < 4.78 is 1.73. The van der Waals surface area contributed by atoms with Crippen molar-refractivity contribution in [2.45, 2.75) is 13.0 Å². The minimum Gasteiger partial charge on any atom is -0.366 e. The minimum absolute atomic E-state index is 0.0920. The lowest BCUT2D eigenvalue weighted by atomic mass is 10.0. The van der Waals surface area contributed by atoms with Crippen LogP contribution in [0, 0.1) is 0 Å². The molecule has 0 aliphatic heterocycles. The van der Waals surface area contributed by atoms with Gasteiger partial charge >= 0.3 is 0 Å². The molecule has 5 rings (SSSR count). The van der Waals surface area contributed by atoms with Gasteiger partial charge in [0.15, 0.2) is 5.78 Å². The number of benzene rings is 2. The van der Waals surface area contributed by atoms with E-state index in [1.165, 1.54) is 0 Å². The van der Waals surface area contributed by atoms with Gasteiger partial charge in [-0.05, 0) is 47.0 Å². The number of ketones is 1. The Hall–Kier alpha value is -4.59. The summed E-state index contributed by atoms with van der Waals surface area (Å²) in [6, 6.07) is 16.8. The van der Waals surface area contributed by atoms with E-state index in [2.05, 4.69) is 20.3 Å². The smallest absolute Gasteiger partial charge is 0.248 e. The summed E-state index contributed by atoms with van der Waals surface area (Å²) in [7, 11) is 0. The number of hydrogen-bond acceptors (Lipinski definition) is 5. The van der Waals surface area contributed by atoms with Gasteiger partial charge in [0.25, 0.3) is 0 Å². The first-order valence-electron chi connectivity index (χ1n) is 10.4. The van der Waals surface area contributed by atoms with E-state index >= 15 is 0 Å². The van der Waals surface area contributed by atoms with Gasteiger partial charge < -0.3 is 5.73 Å². The Kier molecular flexibility index (Phi) is 5.24. The molecule has 0 saturated heterocycles. The molecule has 3 heterocycles. The highest BCUT2D eigenvalue weighted by atomic mass is 16.1. The lowest BCUT2D eigenvalue weighted by Gasteiger charge is -2.03. The molecule has 0 fully saturated rings. The Balaban J connectivity index is 1.31. The molecule has 5 aromatic rings. The van der Waals surface area contributed by atoms with Gasteiger partial charge in [-0.25, -0.2) is 0 Å². The molecule has 3 N–H and O–H groups in total. The number of nitrogens with two attached hydrogens (primary N) is 1. The molecule has 0 bridgehead atoms. The first-order valence-corrected chi connectivity index (χ1v) is 10.4. The molecule has 33 heavy (non-hydrogen) atoms. The zero-order chi connectivity index (χ0) is 22.8. The van der Waals surface area contributed by atoms with Gasteiger partial charge in [-0.3, -0.25) is 24.4 Å². The largest absolute Gasteiger partial charge is 0.366 e. The van der Waals surface area contributed by atoms with Gasteiger partial charge in [0.05, 0.1) is 18.3 Å². The van der Waals surface area contributed by atoms with Crippen molar-refractivity contribution in [2.24, 2.45) is 5.73 Å². The number of nitrogens with one attached hydrogen (secondary N) is 1. The van der Waals surface area contributed by atoms with E-state index in [0.717, 1.165) is 33.2 Å². The molecule has 8 nitrogen and oxygen atoms in total. The molecule has 0 aliphatic rings. The maximum atomic E-state index is 13.0. The van der Waals surface area contributed by atoms with E-state index in [1.807, 2.05) is 42.6 Å². The summed E-state index contributed by atoms with van der Waals surface area (Å²) in [6.07, 6.45) is 7.21. The number of H-pyrrole nitrogens is 1. The van der Waals surface area contributed by atoms with Crippen LogP contribution in [-0.2, 0) is 13.0 Å². The monoisotopic (exact) mass is 436 g/mol. The predicted octanol–water partition coefficient (Wildman–Crippen LogP) is 3.39. The van der Waals surface area contributed by atoms with Crippen molar-refractivity contribution in [2.75, 3.05) is 0 Å². The van der Waals surface area contributed by atoms with Crippen LogP contribution in [0.3, 0.4) is 0 Å². The average Bonchev–Trinajstić information content (AvgIpc) is 3.46. The highest BCUT2D eigenvalue weighted by Gasteiger charge is 2.16. The molecule has 0 atom stereocenters. The fraction of sp³-hybridized carbons (Fsp3) is 0.0800. The molecule has 0 aliphatic carbocycles. The topological polar surface area (TPSA) is 120 Å². The van der Waals surface area contributed by atoms with Crippen molar-refractivity contribution in [3.63, 3.8) is 0 Å². The second-order valence-corrected chi connectivity index (χ2v) is 7.79. The third-order valence-corrected chi connectivity index (χ3v) is 5.43. The van der Waals surface area contributed by atoms with E-state index in [0.29, 0.717) is 17.8 Å². The molecule has 2 aromatic carbocycles. The van der Waals surface area contributed by atoms with Crippen molar-refractivity contribution >= 4 is 22.6 Å². The van der Waals surface area contributed by atoms with Gasteiger partial charge in [-0.15, -0.1) is 0 Å². The summed E-state index contributed by atoms with van der Waals surface area (Å²) in [6.45, 7) is 0.470. The number of Topliss-reactive ketones (excluding diaryl/α,β-unsaturated/α-hetero) is 1. The molecule has 3 aromatic heterocycles. The van der Waals surface area contributed by atoms with E-state index in [-0.39, 0.29) is 12.2 Å². The minimum atomic E-state index is -0.470. The summed E-state index contributed by atoms with van der Waals surface area (Å²) in [5.41, 5.74) is 10.7. The molecule has 0 radical (unpaired) electrons. The van der Waals surface area contributed by atoms with Gasteiger partial charge in [0, 0.05) is 41.5 Å². The highest BCUT2D eigenvalue weighted by Crippen LogP contribution is 2.25. The van der Waals surface area contributed by atoms with Crippen LogP contribution in [0.15, 0.2) is 79.4 Å². The van der Waals surface area contributed by atoms with Crippen molar-refractivity contribution in [1.82, 2.24) is 25.0 Å². The van der Waals surface area contributed by atoms with Crippen LogP contribution in [0.1, 0.15) is 32.0 Å². The number of aromatic amines is 1. The average molecular weight is 436 g/mol. The first kappa shape index (κ1) is 20.3. The van der Waals surface area contributed by atoms with Crippen LogP contribution in [0.4, 0.5) is 0 Å². The number of carbonyl (C=O) groups excluding carboxylic acids is 2. The standard InChI is InChI=1S/C25H20N6O2/c26-25(33)19-4-1-3-16(9-19)14-31-15-17(12-28-31)10-23(32)24-21-7-6-18(11-22(21)29-30-24)20-5-2-8-27-13-20/h1-9,11-13,15H,10,14H2,(H2,26,33)(H,29,30). The zero-order valence-electron chi connectivity index (χ0n) is 17.6. The van der Waals surface area contributed by atoms with E-state index < -0.39 is 5.91 Å². The molecule has 0 saturated carbocycles. The maximum Gasteiger partial charge on any atom is 0.248 e. The van der Waals surface area contributed by atoms with Gasteiger partial charge in [0.1, 0.15) is 5.69 Å². The van der Waals surface area contributed by atoms with Gasteiger partial charge in [0.2, 0.25) is 5.91 Å². The number of fused-ring (bicyclic) bond motifs is 1. The number of rotatable bonds is 7. The zero-order valence-corrected chi connectivity index (χ0v) is 17.6. The van der Waals surface area contributed by atoms with E-state index in [4.69, 9.17) is 5.73 Å². The molecule has 0 unspecified atom stereocenters. The Bertz CT molecular complexity index is 1470. The molecule has 8 heteroatoms. The summed E-state index contributed by atoms with van der Waals surface area (Å²) in [4.78, 5) is 28.5. The molecular weight excluding hydrogens is 416 g/mol. The van der Waals surface area contributed by atoms with Crippen molar-refractivity contribution < 1.29 is 9.59 Å². The summed E-state index contributed by atoms with van der Waals surface area (Å²) >= 11 is 0. The van der Waals surface area contributed by atoms with Crippen LogP contribution in [0.25, 0.3) is 22.0 Å². The lowest BCUT2D eigenvalue weighted by Crippen LogP contribution is -2.11. The Morgan fingerprint density at radius 3 is 2.70 bits per heavy atom. The SMILES string of the molecule is NC(=O)c1cccc(Cn2cc(CC(=O)c3n[nH]c4cc(-c5cccnc5)ccc34)cn2)c1. The summed E-state index contributed by atoms with van der Waals surface area (Å²) in [5, 5.41) is 12.4. The first-order chi connectivity index (χ1) is 16.1. The van der Waals surface area contributed by atoms with Crippen LogP contribution in [-0.4, -0.2) is 36.7 Å². The third-order valence-electron chi connectivity index (χ3n) is 5.43. The second kappa shape index (κ2) is 8.51. The number of nitrogens with zero attached hydrogens (tertiary/aromatic N) is 4. The summed E-state index contributed by atoms with van der Waals surface area (Å²) in [5.74, 6) is -0.562. The van der Waals surface area contributed by atoms with Crippen molar-refractivity contribution in [3.8, 4) is 11.1 Å². The Morgan fingerprint density at radius 1 is 0.970 bits per heavy atom. The number of primary amides is 1. The molecular formula is C25H20N6O2. The molecule has 1 amide bonds. The molecule has 0 spiro atoms. The number of carbonyl (C=O) groups is 2. The van der Waals surface area contributed by atoms with Gasteiger partial charge in [-0.1, -0.05) is 24.3 Å².